The first-order valence-electron chi connectivity index (χ1n) is 10.1. The number of benzene rings is 2. The van der Waals surface area contributed by atoms with Crippen LogP contribution in [0, 0.1) is 6.92 Å². The van der Waals surface area contributed by atoms with E-state index in [1.165, 1.54) is 23.1 Å². The summed E-state index contributed by atoms with van der Waals surface area (Å²) >= 11 is 0. The average Bonchev–Trinajstić information content (AvgIpc) is 3.03. The first-order valence-corrected chi connectivity index (χ1v) is 11.6. The monoisotopic (exact) mass is 533 g/mol. The summed E-state index contributed by atoms with van der Waals surface area (Å²) in [6.07, 6.45) is 1.20. The van der Waals surface area contributed by atoms with E-state index in [2.05, 4.69) is 0 Å². The molecule has 12 heteroatoms. The maximum atomic E-state index is 14.4. The lowest BCUT2D eigenvalue weighted by molar-refractivity contribution is -0.0436. The molecule has 0 aliphatic carbocycles. The van der Waals surface area contributed by atoms with Crippen molar-refractivity contribution < 1.29 is 30.8 Å². The highest BCUT2D eigenvalue weighted by Gasteiger charge is 2.47. The summed E-state index contributed by atoms with van der Waals surface area (Å²) in [5, 5.41) is 0.465. The van der Waals surface area contributed by atoms with E-state index in [1.807, 2.05) is 0 Å². The molecule has 0 radical (unpaired) electrons. The third kappa shape index (κ3) is 5.36. The van der Waals surface area contributed by atoms with E-state index >= 15 is 0 Å². The number of carbonyl (C=O) groups excluding carboxylic acids is 1. The molecule has 0 saturated heterocycles. The van der Waals surface area contributed by atoms with Gasteiger partial charge in [0, 0.05) is 48.4 Å². The summed E-state index contributed by atoms with van der Waals surface area (Å²) < 4.78 is 79.3. The predicted molar refractivity (Wildman–Crippen MR) is 129 cm³/mol. The van der Waals surface area contributed by atoms with E-state index in [4.69, 9.17) is 5.73 Å². The molecular weight excluding hydrogens is 510 g/mol. The molecule has 0 aliphatic heterocycles. The smallest absolute Gasteiger partial charge is 0.345 e. The second-order valence-electron chi connectivity index (χ2n) is 7.84. The second-order valence-corrected chi connectivity index (χ2v) is 9.78. The van der Waals surface area contributed by atoms with Crippen LogP contribution in [0.25, 0.3) is 22.0 Å². The Hall–Kier alpha value is -2.89. The molecular formula is C23H24ClF4N3O3S. The maximum absolute atomic E-state index is 14.4. The molecule has 0 aliphatic rings. The normalized spacial score (nSPS) is 12.5. The topological polar surface area (TPSA) is 85.4 Å². The molecule has 0 spiro atoms. The Kier molecular flexibility index (Phi) is 8.41. The molecule has 1 amide bonds. The van der Waals surface area contributed by atoms with Crippen molar-refractivity contribution in [3.8, 4) is 11.1 Å². The zero-order valence-electron chi connectivity index (χ0n) is 19.1. The average molecular weight is 534 g/mol. The van der Waals surface area contributed by atoms with Gasteiger partial charge < -0.3 is 15.2 Å². The van der Waals surface area contributed by atoms with Gasteiger partial charge in [-0.25, -0.2) is 12.8 Å². The van der Waals surface area contributed by atoms with Gasteiger partial charge in [0.25, 0.3) is 15.7 Å². The van der Waals surface area contributed by atoms with Crippen LogP contribution in [0.2, 0.25) is 0 Å². The Labute approximate surface area is 206 Å². The highest BCUT2D eigenvalue weighted by molar-refractivity contribution is 7.92. The van der Waals surface area contributed by atoms with Gasteiger partial charge in [0.2, 0.25) is 0 Å². The Morgan fingerprint density at radius 3 is 2.37 bits per heavy atom. The quantitative estimate of drug-likeness (QED) is 0.459. The van der Waals surface area contributed by atoms with Crippen molar-refractivity contribution in [1.29, 1.82) is 0 Å². The summed E-state index contributed by atoms with van der Waals surface area (Å²) in [7, 11) is -2.43. The molecule has 35 heavy (non-hydrogen) atoms. The number of halogens is 5. The molecule has 0 bridgehead atoms. The van der Waals surface area contributed by atoms with Crippen molar-refractivity contribution >= 4 is 39.1 Å². The van der Waals surface area contributed by atoms with Crippen molar-refractivity contribution in [2.24, 2.45) is 5.73 Å². The number of amides is 1. The van der Waals surface area contributed by atoms with Gasteiger partial charge in [0.1, 0.15) is 5.83 Å². The standard InChI is InChI=1S/C23H23F4N3O3S.ClH/c1-14-21(15-5-4-6-18(11-15)34(32,33)23(25,26)27)19-12-16(22(31)29(2)3)7-8-20(19)30(14)13-17(24)9-10-28;/h4-9,11-12H,10,13,28H2,1-3H3;1H/b17-9-;. The first kappa shape index (κ1) is 28.3. The molecule has 0 unspecified atom stereocenters. The third-order valence-corrected chi connectivity index (χ3v) is 6.85. The van der Waals surface area contributed by atoms with Crippen molar-refractivity contribution in [2.45, 2.75) is 23.9 Å². The minimum absolute atomic E-state index is 0. The van der Waals surface area contributed by atoms with Crippen LogP contribution in [0.15, 0.2) is 59.3 Å². The Balaban J connectivity index is 0.00000432. The number of allylic oxidation sites excluding steroid dienone is 1. The Bertz CT molecular complexity index is 1400. The Morgan fingerprint density at radius 1 is 1.14 bits per heavy atom. The molecule has 2 N–H and O–H groups in total. The fourth-order valence-electron chi connectivity index (χ4n) is 3.74. The maximum Gasteiger partial charge on any atom is 0.501 e. The van der Waals surface area contributed by atoms with E-state index < -0.39 is 26.1 Å². The summed E-state index contributed by atoms with van der Waals surface area (Å²) in [4.78, 5) is 13.0. The van der Waals surface area contributed by atoms with Crippen LogP contribution >= 0.6 is 12.4 Å². The van der Waals surface area contributed by atoms with Gasteiger partial charge >= 0.3 is 5.51 Å². The van der Waals surface area contributed by atoms with Crippen molar-refractivity contribution in [1.82, 2.24) is 9.47 Å². The third-order valence-electron chi connectivity index (χ3n) is 5.36. The molecule has 1 heterocycles. The molecule has 0 fully saturated rings. The van der Waals surface area contributed by atoms with Crippen molar-refractivity contribution in [3.05, 3.63) is 65.6 Å². The SMILES string of the molecule is Cc1c(-c2cccc(S(=O)(=O)C(F)(F)F)c2)c2cc(C(=O)N(C)C)ccc2n1C/C(F)=C/CN.Cl. The van der Waals surface area contributed by atoms with Gasteiger partial charge in [0.15, 0.2) is 0 Å². The van der Waals surface area contributed by atoms with Crippen LogP contribution in [0.4, 0.5) is 17.6 Å². The number of nitrogens with two attached hydrogens (primary N) is 1. The summed E-state index contributed by atoms with van der Waals surface area (Å²) in [6.45, 7) is 1.43. The fraction of sp³-hybridized carbons (Fsp3) is 0.261. The number of rotatable bonds is 6. The van der Waals surface area contributed by atoms with Gasteiger partial charge in [-0.2, -0.15) is 13.2 Å². The molecule has 0 atom stereocenters. The first-order chi connectivity index (χ1) is 15.8. The molecule has 0 saturated carbocycles. The molecule has 6 nitrogen and oxygen atoms in total. The van der Waals surface area contributed by atoms with E-state index in [0.29, 0.717) is 27.7 Å². The lowest BCUT2D eigenvalue weighted by Gasteiger charge is -2.11. The van der Waals surface area contributed by atoms with Gasteiger partial charge in [0.05, 0.1) is 11.4 Å². The lowest BCUT2D eigenvalue weighted by atomic mass is 10.0. The number of aromatic nitrogens is 1. The van der Waals surface area contributed by atoms with Crippen LogP contribution in [0.3, 0.4) is 0 Å². The Morgan fingerprint density at radius 2 is 1.80 bits per heavy atom. The van der Waals surface area contributed by atoms with E-state index in [1.54, 1.807) is 43.8 Å². The van der Waals surface area contributed by atoms with Crippen LogP contribution in [0.5, 0.6) is 0 Å². The van der Waals surface area contributed by atoms with Gasteiger partial charge in [-0.3, -0.25) is 4.79 Å². The van der Waals surface area contributed by atoms with Crippen LogP contribution in [-0.4, -0.2) is 49.9 Å². The van der Waals surface area contributed by atoms with E-state index in [0.717, 1.165) is 12.1 Å². The summed E-state index contributed by atoms with van der Waals surface area (Å²) in [6, 6.07) is 9.22. The zero-order chi connectivity index (χ0) is 25.4. The number of alkyl halides is 3. The van der Waals surface area contributed by atoms with Crippen molar-refractivity contribution in [2.75, 3.05) is 20.6 Å². The van der Waals surface area contributed by atoms with Crippen LogP contribution in [-0.2, 0) is 16.4 Å². The zero-order valence-corrected chi connectivity index (χ0v) is 20.7. The molecule has 190 valence electrons. The van der Waals surface area contributed by atoms with Gasteiger partial charge in [-0.15, -0.1) is 12.4 Å². The number of hydrogen-bond donors (Lipinski definition) is 1. The number of nitrogens with zero attached hydrogens (tertiary/aromatic N) is 2. The molecule has 1 aromatic heterocycles. The van der Waals surface area contributed by atoms with Crippen LogP contribution in [0.1, 0.15) is 16.1 Å². The molecule has 2 aromatic carbocycles. The van der Waals surface area contributed by atoms with Gasteiger partial charge in [-0.05, 0) is 48.9 Å². The number of fused-ring (bicyclic) bond motifs is 1. The summed E-state index contributed by atoms with van der Waals surface area (Å²) in [5.74, 6) is -0.822. The van der Waals surface area contributed by atoms with Crippen LogP contribution < -0.4 is 5.73 Å². The second kappa shape index (κ2) is 10.4. The number of carbonyl (C=O) groups is 1. The van der Waals surface area contributed by atoms with E-state index in [9.17, 15) is 30.8 Å². The minimum Gasteiger partial charge on any atom is -0.345 e. The number of hydrogen-bond acceptors (Lipinski definition) is 4. The lowest BCUT2D eigenvalue weighted by Crippen LogP contribution is -2.23. The minimum atomic E-state index is -5.58. The van der Waals surface area contributed by atoms with E-state index in [-0.39, 0.29) is 37.0 Å². The highest BCUT2D eigenvalue weighted by Crippen LogP contribution is 2.38. The summed E-state index contributed by atoms with van der Waals surface area (Å²) in [5.41, 5.74) is 1.81. The number of sulfone groups is 1. The van der Waals surface area contributed by atoms with Gasteiger partial charge in [-0.1, -0.05) is 12.1 Å². The fourth-order valence-corrected chi connectivity index (χ4v) is 4.54. The largest absolute Gasteiger partial charge is 0.501 e. The molecule has 3 rings (SSSR count). The molecule has 3 aromatic rings. The predicted octanol–water partition coefficient (Wildman–Crippen LogP) is 4.85. The highest BCUT2D eigenvalue weighted by atomic mass is 35.5. The van der Waals surface area contributed by atoms with Crippen molar-refractivity contribution in [3.63, 3.8) is 0 Å².